The number of nitrogens with one attached hydrogen (secondary N) is 1. The van der Waals surface area contributed by atoms with Crippen molar-refractivity contribution in [3.63, 3.8) is 0 Å². The van der Waals surface area contributed by atoms with E-state index in [9.17, 15) is 14.7 Å². The van der Waals surface area contributed by atoms with E-state index in [0.29, 0.717) is 19.4 Å². The average Bonchev–Trinajstić information content (AvgIpc) is 3.07. The summed E-state index contributed by atoms with van der Waals surface area (Å²) in [6.45, 7) is 0.606. The third-order valence-electron chi connectivity index (χ3n) is 5.11. The lowest BCUT2D eigenvalue weighted by atomic mass is 9.75. The number of amides is 1. The zero-order chi connectivity index (χ0) is 18.1. The molecule has 2 N–H and O–H groups in total. The van der Waals surface area contributed by atoms with Gasteiger partial charge in [-0.3, -0.25) is 9.36 Å². The summed E-state index contributed by atoms with van der Waals surface area (Å²) in [5.41, 5.74) is 1.70. The molecule has 7 heteroatoms. The Morgan fingerprint density at radius 3 is 3.04 bits per heavy atom. The first-order chi connectivity index (χ1) is 12.6. The molecular formula is C19H21N3O4. The number of aromatic nitrogens is 2. The van der Waals surface area contributed by atoms with Crippen molar-refractivity contribution in [2.45, 2.75) is 38.0 Å². The van der Waals surface area contributed by atoms with Gasteiger partial charge in [0.25, 0.3) is 0 Å². The number of carbonyl (C=O) groups is 1. The molecule has 26 heavy (non-hydrogen) atoms. The van der Waals surface area contributed by atoms with Crippen LogP contribution < -0.4 is 15.7 Å². The highest BCUT2D eigenvalue weighted by molar-refractivity contribution is 5.76. The van der Waals surface area contributed by atoms with Crippen LogP contribution in [0.5, 0.6) is 5.75 Å². The number of rotatable bonds is 5. The normalized spacial score (nSPS) is 22.0. The van der Waals surface area contributed by atoms with Crippen LogP contribution in [0.1, 0.15) is 30.0 Å². The van der Waals surface area contributed by atoms with Gasteiger partial charge in [-0.15, -0.1) is 0 Å². The van der Waals surface area contributed by atoms with Crippen LogP contribution in [-0.2, 0) is 17.8 Å². The Balaban J connectivity index is 1.53. The van der Waals surface area contributed by atoms with E-state index < -0.39 is 5.69 Å². The third-order valence-corrected chi connectivity index (χ3v) is 5.11. The monoisotopic (exact) mass is 355 g/mol. The van der Waals surface area contributed by atoms with E-state index in [0.717, 1.165) is 23.3 Å². The highest BCUT2D eigenvalue weighted by Crippen LogP contribution is 2.39. The van der Waals surface area contributed by atoms with Crippen LogP contribution in [0.25, 0.3) is 0 Å². The Labute approximate surface area is 150 Å². The highest BCUT2D eigenvalue weighted by Gasteiger charge is 2.36. The average molecular weight is 355 g/mol. The number of fused-ring (bicyclic) bond motifs is 1. The molecule has 0 bridgehead atoms. The van der Waals surface area contributed by atoms with E-state index in [1.807, 2.05) is 12.1 Å². The van der Waals surface area contributed by atoms with E-state index >= 15 is 0 Å². The van der Waals surface area contributed by atoms with E-state index in [1.165, 1.54) is 10.8 Å². The fraction of sp³-hybridized carbons (Fsp3) is 0.421. The lowest BCUT2D eigenvalue weighted by Crippen LogP contribution is -2.43. The molecular weight excluding hydrogens is 334 g/mol. The molecule has 1 aromatic carbocycles. The smallest absolute Gasteiger partial charge is 0.347 e. The largest absolute Gasteiger partial charge is 0.493 e. The van der Waals surface area contributed by atoms with Gasteiger partial charge in [-0.05, 0) is 48.1 Å². The van der Waals surface area contributed by atoms with Crippen molar-refractivity contribution in [1.29, 1.82) is 0 Å². The maximum atomic E-state index is 12.5. The summed E-state index contributed by atoms with van der Waals surface area (Å²) in [5.74, 6) is 0.831. The maximum absolute atomic E-state index is 12.5. The molecule has 1 aromatic heterocycles. The van der Waals surface area contributed by atoms with Gasteiger partial charge >= 0.3 is 5.69 Å². The third kappa shape index (κ3) is 3.35. The van der Waals surface area contributed by atoms with Crippen LogP contribution in [0.4, 0.5) is 0 Å². The summed E-state index contributed by atoms with van der Waals surface area (Å²) in [4.78, 5) is 27.9. The van der Waals surface area contributed by atoms with Crippen LogP contribution in [0.3, 0.4) is 0 Å². The second kappa shape index (κ2) is 6.92. The molecule has 7 nitrogen and oxygen atoms in total. The molecule has 1 amide bonds. The Hall–Kier alpha value is -2.67. The van der Waals surface area contributed by atoms with Gasteiger partial charge in [0.15, 0.2) is 0 Å². The number of hydrogen-bond acceptors (Lipinski definition) is 5. The van der Waals surface area contributed by atoms with Crippen molar-refractivity contribution in [2.75, 3.05) is 6.61 Å². The molecule has 1 atom stereocenters. The minimum absolute atomic E-state index is 0.0769. The zero-order valence-corrected chi connectivity index (χ0v) is 14.3. The fourth-order valence-corrected chi connectivity index (χ4v) is 3.66. The van der Waals surface area contributed by atoms with Gasteiger partial charge in [0, 0.05) is 18.8 Å². The second-order valence-electron chi connectivity index (χ2n) is 6.93. The van der Waals surface area contributed by atoms with Crippen LogP contribution in [0.15, 0.2) is 41.5 Å². The quantitative estimate of drug-likeness (QED) is 0.828. The Bertz CT molecular complexity index is 873. The van der Waals surface area contributed by atoms with Crippen LogP contribution in [0.2, 0.25) is 0 Å². The molecule has 2 heterocycles. The van der Waals surface area contributed by atoms with Crippen molar-refractivity contribution in [3.8, 4) is 5.75 Å². The van der Waals surface area contributed by atoms with E-state index in [4.69, 9.17) is 4.74 Å². The SMILES string of the molecule is O=C(Cn1cccnc1=O)N[C@@H](c1ccc2c(c1)CCO2)C1CC(O)C1. The molecule has 0 saturated heterocycles. The van der Waals surface area contributed by atoms with E-state index in [1.54, 1.807) is 12.3 Å². The summed E-state index contributed by atoms with van der Waals surface area (Å²) < 4.78 is 6.83. The van der Waals surface area contributed by atoms with Crippen molar-refractivity contribution in [1.82, 2.24) is 14.9 Å². The van der Waals surface area contributed by atoms with Crippen LogP contribution >= 0.6 is 0 Å². The molecule has 4 rings (SSSR count). The van der Waals surface area contributed by atoms with Crippen molar-refractivity contribution in [2.24, 2.45) is 5.92 Å². The molecule has 1 fully saturated rings. The van der Waals surface area contributed by atoms with Gasteiger partial charge < -0.3 is 15.2 Å². The van der Waals surface area contributed by atoms with Gasteiger partial charge in [0.2, 0.25) is 5.91 Å². The van der Waals surface area contributed by atoms with Crippen LogP contribution in [-0.4, -0.2) is 33.3 Å². The maximum Gasteiger partial charge on any atom is 0.347 e. The second-order valence-corrected chi connectivity index (χ2v) is 6.93. The predicted octanol–water partition coefficient (Wildman–Crippen LogP) is 0.807. The van der Waals surface area contributed by atoms with Gasteiger partial charge in [-0.2, -0.15) is 0 Å². The lowest BCUT2D eigenvalue weighted by Gasteiger charge is -2.38. The number of nitrogens with zero attached hydrogens (tertiary/aromatic N) is 2. The number of ether oxygens (including phenoxy) is 1. The summed E-state index contributed by atoms with van der Waals surface area (Å²) in [6.07, 6.45) is 4.82. The molecule has 136 valence electrons. The van der Waals surface area contributed by atoms with E-state index in [-0.39, 0.29) is 30.5 Å². The van der Waals surface area contributed by atoms with Gasteiger partial charge in [-0.25, -0.2) is 9.78 Å². The van der Waals surface area contributed by atoms with Crippen molar-refractivity contribution >= 4 is 5.91 Å². The first kappa shape index (κ1) is 16.8. The first-order valence-electron chi connectivity index (χ1n) is 8.84. The molecule has 1 saturated carbocycles. The number of carbonyl (C=O) groups excluding carboxylic acids is 1. The molecule has 0 radical (unpaired) electrons. The Kier molecular flexibility index (Phi) is 4.46. The minimum atomic E-state index is -0.451. The number of hydrogen-bond donors (Lipinski definition) is 2. The van der Waals surface area contributed by atoms with E-state index in [2.05, 4.69) is 16.4 Å². The number of aliphatic hydroxyl groups excluding tert-OH is 1. The van der Waals surface area contributed by atoms with Crippen LogP contribution in [0, 0.1) is 5.92 Å². The summed E-state index contributed by atoms with van der Waals surface area (Å²) in [6, 6.07) is 7.42. The Morgan fingerprint density at radius 2 is 2.27 bits per heavy atom. The van der Waals surface area contributed by atoms with Gasteiger partial charge in [0.05, 0.1) is 18.8 Å². The summed E-state index contributed by atoms with van der Waals surface area (Å²) >= 11 is 0. The fourth-order valence-electron chi connectivity index (χ4n) is 3.66. The van der Waals surface area contributed by atoms with Gasteiger partial charge in [-0.1, -0.05) is 6.07 Å². The number of benzene rings is 1. The van der Waals surface area contributed by atoms with Crippen molar-refractivity contribution in [3.05, 3.63) is 58.3 Å². The van der Waals surface area contributed by atoms with Crippen molar-refractivity contribution < 1.29 is 14.6 Å². The molecule has 0 spiro atoms. The topological polar surface area (TPSA) is 93.5 Å². The lowest BCUT2D eigenvalue weighted by molar-refractivity contribution is -0.123. The zero-order valence-electron chi connectivity index (χ0n) is 14.3. The standard InChI is InChI=1S/C19H21N3O4/c23-15-9-14(10-15)18(13-2-3-16-12(8-13)4-7-26-16)21-17(24)11-22-6-1-5-20-19(22)25/h1-3,5-6,8,14-15,18,23H,4,7,9-11H2,(H,21,24)/t14?,15?,18-/m0/s1. The van der Waals surface area contributed by atoms with Gasteiger partial charge in [0.1, 0.15) is 12.3 Å². The molecule has 0 unspecified atom stereocenters. The molecule has 2 aromatic rings. The highest BCUT2D eigenvalue weighted by atomic mass is 16.5. The number of aliphatic hydroxyl groups is 1. The molecule has 1 aliphatic carbocycles. The minimum Gasteiger partial charge on any atom is -0.493 e. The predicted molar refractivity (Wildman–Crippen MR) is 93.8 cm³/mol. The molecule has 1 aliphatic heterocycles. The first-order valence-corrected chi connectivity index (χ1v) is 8.84. The summed E-state index contributed by atoms with van der Waals surface area (Å²) in [5, 5.41) is 12.7. The molecule has 2 aliphatic rings. The summed E-state index contributed by atoms with van der Waals surface area (Å²) in [7, 11) is 0. The Morgan fingerprint density at radius 1 is 1.42 bits per heavy atom.